The summed E-state index contributed by atoms with van der Waals surface area (Å²) in [4.78, 5) is 0. The van der Waals surface area contributed by atoms with E-state index in [-0.39, 0.29) is 0 Å². The lowest BCUT2D eigenvalue weighted by Crippen LogP contribution is -1.85. The molecule has 0 bridgehead atoms. The van der Waals surface area contributed by atoms with Gasteiger partial charge in [-0.2, -0.15) is 0 Å². The van der Waals surface area contributed by atoms with E-state index < -0.39 is 0 Å². The zero-order valence-corrected chi connectivity index (χ0v) is 11.3. The van der Waals surface area contributed by atoms with Crippen LogP contribution in [0.2, 0.25) is 5.02 Å². The van der Waals surface area contributed by atoms with Crippen LogP contribution in [0.15, 0.2) is 48.5 Å². The lowest BCUT2D eigenvalue weighted by atomic mass is 10.0. The highest BCUT2D eigenvalue weighted by molar-refractivity contribution is 6.30. The smallest absolute Gasteiger partial charge is 0.0406 e. The molecule has 18 heavy (non-hydrogen) atoms. The van der Waals surface area contributed by atoms with E-state index >= 15 is 0 Å². The van der Waals surface area contributed by atoms with Gasteiger partial charge in [0.1, 0.15) is 0 Å². The van der Waals surface area contributed by atoms with Crippen molar-refractivity contribution in [2.24, 2.45) is 0 Å². The molecule has 0 spiro atoms. The Balaban J connectivity index is 2.05. The highest BCUT2D eigenvalue weighted by atomic mass is 35.5. The van der Waals surface area contributed by atoms with Crippen molar-refractivity contribution in [2.45, 2.75) is 25.7 Å². The van der Waals surface area contributed by atoms with E-state index in [1.807, 2.05) is 12.1 Å². The third kappa shape index (κ3) is 3.61. The first-order valence-electron chi connectivity index (χ1n) is 6.44. The Labute approximate surface area is 115 Å². The summed E-state index contributed by atoms with van der Waals surface area (Å²) < 4.78 is 0. The molecule has 0 atom stereocenters. The van der Waals surface area contributed by atoms with Crippen molar-refractivity contribution in [1.82, 2.24) is 0 Å². The van der Waals surface area contributed by atoms with Gasteiger partial charge in [0.25, 0.3) is 0 Å². The molecule has 2 rings (SSSR count). The molecule has 0 aliphatic rings. The summed E-state index contributed by atoms with van der Waals surface area (Å²) in [6, 6.07) is 16.8. The van der Waals surface area contributed by atoms with Crippen molar-refractivity contribution in [3.8, 4) is 11.1 Å². The summed E-state index contributed by atoms with van der Waals surface area (Å²) in [5.41, 5.74) is 3.86. The minimum absolute atomic E-state index is 0.781. The molecule has 2 aromatic carbocycles. The lowest BCUT2D eigenvalue weighted by Gasteiger charge is -2.04. The first-order valence-corrected chi connectivity index (χ1v) is 6.81. The quantitative estimate of drug-likeness (QED) is 0.616. The summed E-state index contributed by atoms with van der Waals surface area (Å²) in [5.74, 6) is 0. The minimum atomic E-state index is 0.781. The Morgan fingerprint density at radius 1 is 0.778 bits per heavy atom. The van der Waals surface area contributed by atoms with Gasteiger partial charge >= 0.3 is 0 Å². The molecule has 0 aliphatic carbocycles. The normalized spacial score (nSPS) is 10.6. The van der Waals surface area contributed by atoms with Crippen LogP contribution in [0.1, 0.15) is 24.8 Å². The topological polar surface area (TPSA) is 0 Å². The first kappa shape index (κ1) is 13.2. The van der Waals surface area contributed by atoms with Gasteiger partial charge in [-0.25, -0.2) is 0 Å². The number of unbranched alkanes of at least 4 members (excludes halogenated alkanes) is 2. The standard InChI is InChI=1S/C17H18Cl/c1-2-3-4-5-14-6-8-15(9-7-14)16-10-12-17(18)13-11-16/h6-13H,1-5H2. The average Bonchev–Trinajstić information content (AvgIpc) is 2.41. The molecule has 0 N–H and O–H groups in total. The van der Waals surface area contributed by atoms with Crippen LogP contribution in [-0.4, -0.2) is 0 Å². The van der Waals surface area contributed by atoms with Gasteiger partial charge in [0.2, 0.25) is 0 Å². The predicted octanol–water partition coefficient (Wildman–Crippen LogP) is 5.55. The van der Waals surface area contributed by atoms with Crippen LogP contribution in [0, 0.1) is 6.92 Å². The molecule has 1 radical (unpaired) electrons. The van der Waals surface area contributed by atoms with Crippen LogP contribution in [0.5, 0.6) is 0 Å². The van der Waals surface area contributed by atoms with Gasteiger partial charge in [-0.05, 0) is 41.7 Å². The Bertz CT molecular complexity index is 468. The number of hydrogen-bond donors (Lipinski definition) is 0. The zero-order valence-electron chi connectivity index (χ0n) is 10.5. The summed E-state index contributed by atoms with van der Waals surface area (Å²) in [7, 11) is 0. The van der Waals surface area contributed by atoms with Gasteiger partial charge in [-0.15, -0.1) is 0 Å². The fourth-order valence-electron chi connectivity index (χ4n) is 2.01. The molecule has 93 valence electrons. The second-order valence-corrected chi connectivity index (χ2v) is 4.95. The average molecular weight is 258 g/mol. The maximum Gasteiger partial charge on any atom is 0.0406 e. The van der Waals surface area contributed by atoms with E-state index in [2.05, 4.69) is 43.3 Å². The molecule has 0 aromatic heterocycles. The summed E-state index contributed by atoms with van der Waals surface area (Å²) in [6.07, 6.45) is 4.61. The van der Waals surface area contributed by atoms with Crippen molar-refractivity contribution in [3.63, 3.8) is 0 Å². The Morgan fingerprint density at radius 2 is 1.33 bits per heavy atom. The van der Waals surface area contributed by atoms with E-state index in [4.69, 9.17) is 11.6 Å². The summed E-state index contributed by atoms with van der Waals surface area (Å²) >= 11 is 5.89. The van der Waals surface area contributed by atoms with E-state index in [9.17, 15) is 0 Å². The number of aryl methyl sites for hydroxylation is 1. The highest BCUT2D eigenvalue weighted by Crippen LogP contribution is 2.22. The molecule has 0 nitrogen and oxygen atoms in total. The zero-order chi connectivity index (χ0) is 12.8. The van der Waals surface area contributed by atoms with Gasteiger partial charge in [0, 0.05) is 5.02 Å². The van der Waals surface area contributed by atoms with Crippen molar-refractivity contribution < 1.29 is 0 Å². The van der Waals surface area contributed by atoms with Crippen molar-refractivity contribution in [1.29, 1.82) is 0 Å². The molecule has 0 fully saturated rings. The monoisotopic (exact) mass is 257 g/mol. The maximum atomic E-state index is 5.89. The van der Waals surface area contributed by atoms with Gasteiger partial charge in [-0.1, -0.05) is 67.8 Å². The molecule has 1 heteroatoms. The fraction of sp³-hybridized carbons (Fsp3) is 0.235. The van der Waals surface area contributed by atoms with Crippen LogP contribution in [0.4, 0.5) is 0 Å². The molecular weight excluding hydrogens is 240 g/mol. The minimum Gasteiger partial charge on any atom is -0.0843 e. The third-order valence-corrected chi connectivity index (χ3v) is 3.35. The Kier molecular flexibility index (Phi) is 4.83. The molecule has 0 heterocycles. The summed E-state index contributed by atoms with van der Waals surface area (Å²) in [6.45, 7) is 3.87. The molecule has 0 amide bonds. The van der Waals surface area contributed by atoms with Crippen LogP contribution >= 0.6 is 11.6 Å². The second-order valence-electron chi connectivity index (χ2n) is 4.51. The van der Waals surface area contributed by atoms with Crippen molar-refractivity contribution in [2.75, 3.05) is 0 Å². The Morgan fingerprint density at radius 3 is 1.89 bits per heavy atom. The summed E-state index contributed by atoms with van der Waals surface area (Å²) in [5, 5.41) is 0.781. The van der Waals surface area contributed by atoms with Gasteiger partial charge < -0.3 is 0 Å². The van der Waals surface area contributed by atoms with Crippen LogP contribution < -0.4 is 0 Å². The third-order valence-electron chi connectivity index (χ3n) is 3.10. The SMILES string of the molecule is [CH2]CCCCc1ccc(-c2ccc(Cl)cc2)cc1. The molecule has 0 aliphatic heterocycles. The van der Waals surface area contributed by atoms with Crippen LogP contribution in [0.25, 0.3) is 11.1 Å². The molecule has 0 unspecified atom stereocenters. The van der Waals surface area contributed by atoms with Gasteiger partial charge in [0.05, 0.1) is 0 Å². The predicted molar refractivity (Wildman–Crippen MR) is 79.8 cm³/mol. The van der Waals surface area contributed by atoms with Gasteiger partial charge in [-0.3, -0.25) is 0 Å². The second kappa shape index (κ2) is 6.61. The molecule has 0 saturated carbocycles. The van der Waals surface area contributed by atoms with Gasteiger partial charge in [0.15, 0.2) is 0 Å². The highest BCUT2D eigenvalue weighted by Gasteiger charge is 1.98. The molecule has 2 aromatic rings. The fourth-order valence-corrected chi connectivity index (χ4v) is 2.14. The number of benzene rings is 2. The van der Waals surface area contributed by atoms with E-state index in [1.165, 1.54) is 29.5 Å². The van der Waals surface area contributed by atoms with E-state index in [0.717, 1.165) is 17.9 Å². The number of halogens is 1. The first-order chi connectivity index (χ1) is 8.79. The van der Waals surface area contributed by atoms with Crippen molar-refractivity contribution in [3.05, 3.63) is 66.0 Å². The molecular formula is C17H18Cl. The number of hydrogen-bond acceptors (Lipinski definition) is 0. The molecule has 0 saturated heterocycles. The van der Waals surface area contributed by atoms with Crippen LogP contribution in [0.3, 0.4) is 0 Å². The largest absolute Gasteiger partial charge is 0.0843 e. The van der Waals surface area contributed by atoms with Crippen LogP contribution in [-0.2, 0) is 6.42 Å². The maximum absolute atomic E-state index is 5.89. The van der Waals surface area contributed by atoms with E-state index in [0.29, 0.717) is 0 Å². The Hall–Kier alpha value is -1.27. The number of rotatable bonds is 5. The van der Waals surface area contributed by atoms with E-state index in [1.54, 1.807) is 0 Å². The van der Waals surface area contributed by atoms with Crippen molar-refractivity contribution >= 4 is 11.6 Å². The lowest BCUT2D eigenvalue weighted by molar-refractivity contribution is 0.746.